The Bertz CT molecular complexity index is 405. The summed E-state index contributed by atoms with van der Waals surface area (Å²) < 4.78 is 18.8. The third kappa shape index (κ3) is 2.57. The number of fused-ring (bicyclic) bond motifs is 1. The average Bonchev–Trinajstić information content (AvgIpc) is 2.71. The molecule has 98 valence electrons. The van der Waals surface area contributed by atoms with Gasteiger partial charge in [-0.1, -0.05) is 12.1 Å². The second kappa shape index (κ2) is 4.98. The van der Waals surface area contributed by atoms with Gasteiger partial charge in [-0.05, 0) is 49.9 Å². The Kier molecular flexibility index (Phi) is 3.35. The molecule has 18 heavy (non-hydrogen) atoms. The molecule has 2 fully saturated rings. The van der Waals surface area contributed by atoms with Crippen molar-refractivity contribution in [1.82, 2.24) is 4.90 Å². The molecular formula is C15H20FNO. The van der Waals surface area contributed by atoms with Crippen LogP contribution in [-0.4, -0.2) is 30.2 Å². The van der Waals surface area contributed by atoms with E-state index in [1.807, 2.05) is 12.1 Å². The normalized spacial score (nSPS) is 32.4. The molecule has 0 aromatic heterocycles. The number of nitrogens with zero attached hydrogens (tertiary/aromatic N) is 1. The lowest BCUT2D eigenvalue weighted by Crippen LogP contribution is -2.41. The van der Waals surface area contributed by atoms with E-state index in [-0.39, 0.29) is 5.82 Å². The first-order valence-electron chi connectivity index (χ1n) is 6.83. The number of hydrogen-bond acceptors (Lipinski definition) is 2. The van der Waals surface area contributed by atoms with Gasteiger partial charge in [0, 0.05) is 13.1 Å². The van der Waals surface area contributed by atoms with Gasteiger partial charge in [0.25, 0.3) is 0 Å². The number of benzene rings is 1. The van der Waals surface area contributed by atoms with E-state index in [0.717, 1.165) is 25.6 Å². The summed E-state index contributed by atoms with van der Waals surface area (Å²) in [6.07, 6.45) is 3.28. The predicted octanol–water partition coefficient (Wildman–Crippen LogP) is 2.83. The van der Waals surface area contributed by atoms with Crippen LogP contribution in [0.5, 0.6) is 0 Å². The van der Waals surface area contributed by atoms with Crippen LogP contribution in [0.15, 0.2) is 24.3 Å². The maximum Gasteiger partial charge on any atom is 0.123 e. The molecule has 1 aromatic carbocycles. The molecule has 2 saturated heterocycles. The number of likely N-dealkylation sites (tertiary alicyclic amines) is 1. The first kappa shape index (κ1) is 12.1. The van der Waals surface area contributed by atoms with Gasteiger partial charge in [-0.15, -0.1) is 0 Å². The number of rotatable bonds is 2. The summed E-state index contributed by atoms with van der Waals surface area (Å²) >= 11 is 0. The second-order valence-corrected chi connectivity index (χ2v) is 5.63. The molecule has 0 bridgehead atoms. The molecule has 0 spiro atoms. The Balaban J connectivity index is 1.60. The van der Waals surface area contributed by atoms with Crippen molar-refractivity contribution in [2.45, 2.75) is 38.5 Å². The van der Waals surface area contributed by atoms with Crippen LogP contribution in [0.2, 0.25) is 0 Å². The largest absolute Gasteiger partial charge is 0.374 e. The molecule has 2 nitrogen and oxygen atoms in total. The fourth-order valence-corrected chi connectivity index (χ4v) is 3.22. The van der Waals surface area contributed by atoms with E-state index < -0.39 is 0 Å². The van der Waals surface area contributed by atoms with E-state index in [2.05, 4.69) is 11.8 Å². The third-order valence-corrected chi connectivity index (χ3v) is 4.14. The van der Waals surface area contributed by atoms with Gasteiger partial charge in [-0.3, -0.25) is 4.90 Å². The molecule has 2 heterocycles. The predicted molar refractivity (Wildman–Crippen MR) is 68.7 cm³/mol. The molecule has 0 radical (unpaired) electrons. The van der Waals surface area contributed by atoms with Crippen LogP contribution in [-0.2, 0) is 11.3 Å². The van der Waals surface area contributed by atoms with E-state index in [0.29, 0.717) is 12.2 Å². The van der Waals surface area contributed by atoms with Gasteiger partial charge in [-0.2, -0.15) is 0 Å². The van der Waals surface area contributed by atoms with Crippen molar-refractivity contribution in [3.05, 3.63) is 35.6 Å². The highest BCUT2D eigenvalue weighted by atomic mass is 19.1. The molecule has 1 aromatic rings. The molecule has 3 heteroatoms. The minimum atomic E-state index is -0.162. The van der Waals surface area contributed by atoms with Crippen LogP contribution >= 0.6 is 0 Å². The summed E-state index contributed by atoms with van der Waals surface area (Å²) in [6, 6.07) is 6.82. The Hall–Kier alpha value is -0.930. The maximum absolute atomic E-state index is 12.9. The van der Waals surface area contributed by atoms with E-state index in [9.17, 15) is 4.39 Å². The molecule has 0 amide bonds. The molecule has 0 N–H and O–H groups in total. The van der Waals surface area contributed by atoms with Crippen LogP contribution < -0.4 is 0 Å². The van der Waals surface area contributed by atoms with Crippen molar-refractivity contribution in [2.75, 3.05) is 13.1 Å². The fraction of sp³-hybridized carbons (Fsp3) is 0.600. The molecule has 2 aliphatic rings. The first-order chi connectivity index (χ1) is 8.70. The lowest BCUT2D eigenvalue weighted by Gasteiger charge is -2.34. The van der Waals surface area contributed by atoms with Crippen LogP contribution in [0.3, 0.4) is 0 Å². The first-order valence-corrected chi connectivity index (χ1v) is 6.83. The minimum Gasteiger partial charge on any atom is -0.374 e. The molecule has 3 rings (SSSR count). The molecule has 2 aliphatic heterocycles. The van der Waals surface area contributed by atoms with E-state index in [1.54, 1.807) is 0 Å². The van der Waals surface area contributed by atoms with Crippen LogP contribution in [0.1, 0.15) is 25.3 Å². The smallest absolute Gasteiger partial charge is 0.123 e. The highest BCUT2D eigenvalue weighted by Gasteiger charge is 2.37. The summed E-state index contributed by atoms with van der Waals surface area (Å²) in [4.78, 5) is 2.42. The number of hydrogen-bond donors (Lipinski definition) is 0. The van der Waals surface area contributed by atoms with Gasteiger partial charge in [0.15, 0.2) is 0 Å². The molecular weight excluding hydrogens is 229 g/mol. The van der Waals surface area contributed by atoms with Crippen molar-refractivity contribution in [3.63, 3.8) is 0 Å². The maximum atomic E-state index is 12.9. The highest BCUT2D eigenvalue weighted by Crippen LogP contribution is 2.33. The standard InChI is InChI=1S/C15H20FNO/c1-11-8-13-6-7-17(10-15(13)18-11)9-12-2-4-14(16)5-3-12/h2-5,11,13,15H,6-10H2,1H3/t11-,13-,15+/m0/s1. The average molecular weight is 249 g/mol. The Labute approximate surface area is 108 Å². The molecule has 0 saturated carbocycles. The number of halogens is 1. The van der Waals surface area contributed by atoms with Gasteiger partial charge in [0.1, 0.15) is 5.82 Å². The monoisotopic (exact) mass is 249 g/mol. The highest BCUT2D eigenvalue weighted by molar-refractivity contribution is 5.16. The summed E-state index contributed by atoms with van der Waals surface area (Å²) in [7, 11) is 0. The molecule has 3 atom stereocenters. The third-order valence-electron chi connectivity index (χ3n) is 4.14. The van der Waals surface area contributed by atoms with Crippen LogP contribution in [0, 0.1) is 11.7 Å². The zero-order chi connectivity index (χ0) is 12.5. The summed E-state index contributed by atoms with van der Waals surface area (Å²) in [6.45, 7) is 5.23. The second-order valence-electron chi connectivity index (χ2n) is 5.63. The topological polar surface area (TPSA) is 12.5 Å². The minimum absolute atomic E-state index is 0.162. The molecule has 0 unspecified atom stereocenters. The van der Waals surface area contributed by atoms with E-state index >= 15 is 0 Å². The van der Waals surface area contributed by atoms with Crippen LogP contribution in [0.4, 0.5) is 4.39 Å². The van der Waals surface area contributed by atoms with Gasteiger partial charge in [0.05, 0.1) is 12.2 Å². The SMILES string of the molecule is C[C@H]1C[C@@H]2CCN(Cc3ccc(F)cc3)C[C@H]2O1. The van der Waals surface area contributed by atoms with Crippen molar-refractivity contribution >= 4 is 0 Å². The quantitative estimate of drug-likeness (QED) is 0.799. The van der Waals surface area contributed by atoms with Crippen LogP contribution in [0.25, 0.3) is 0 Å². The number of ether oxygens (including phenoxy) is 1. The fourth-order valence-electron chi connectivity index (χ4n) is 3.22. The van der Waals surface area contributed by atoms with Gasteiger partial charge < -0.3 is 4.74 Å². The Morgan fingerprint density at radius 3 is 2.89 bits per heavy atom. The van der Waals surface area contributed by atoms with E-state index in [1.165, 1.54) is 30.5 Å². The zero-order valence-corrected chi connectivity index (χ0v) is 10.8. The Morgan fingerprint density at radius 1 is 1.33 bits per heavy atom. The summed E-state index contributed by atoms with van der Waals surface area (Å²) in [5.74, 6) is 0.592. The summed E-state index contributed by atoms with van der Waals surface area (Å²) in [5, 5.41) is 0. The molecule has 0 aliphatic carbocycles. The van der Waals surface area contributed by atoms with Crippen molar-refractivity contribution in [3.8, 4) is 0 Å². The van der Waals surface area contributed by atoms with Crippen molar-refractivity contribution in [2.24, 2.45) is 5.92 Å². The summed E-state index contributed by atoms with van der Waals surface area (Å²) in [5.41, 5.74) is 1.18. The Morgan fingerprint density at radius 2 is 2.11 bits per heavy atom. The van der Waals surface area contributed by atoms with Gasteiger partial charge in [0.2, 0.25) is 0 Å². The van der Waals surface area contributed by atoms with E-state index in [4.69, 9.17) is 4.74 Å². The zero-order valence-electron chi connectivity index (χ0n) is 10.8. The number of piperidine rings is 1. The van der Waals surface area contributed by atoms with Gasteiger partial charge >= 0.3 is 0 Å². The van der Waals surface area contributed by atoms with Crippen molar-refractivity contribution < 1.29 is 9.13 Å². The van der Waals surface area contributed by atoms with Crippen molar-refractivity contribution in [1.29, 1.82) is 0 Å². The lowest BCUT2D eigenvalue weighted by atomic mass is 9.92. The van der Waals surface area contributed by atoms with Gasteiger partial charge in [-0.25, -0.2) is 4.39 Å². The lowest BCUT2D eigenvalue weighted by molar-refractivity contribution is -0.00276.